The molecule has 1 saturated heterocycles. The number of halogens is 1. The molecule has 0 atom stereocenters. The van der Waals surface area contributed by atoms with Crippen molar-refractivity contribution in [3.8, 4) is 11.5 Å². The third kappa shape index (κ3) is 5.62. The van der Waals surface area contributed by atoms with E-state index in [1.807, 2.05) is 36.4 Å². The van der Waals surface area contributed by atoms with E-state index in [0.29, 0.717) is 29.3 Å². The Morgan fingerprint density at radius 2 is 1.55 bits per heavy atom. The molecule has 0 unspecified atom stereocenters. The number of nitrogens with zero attached hydrogens (tertiary/aromatic N) is 2. The molecule has 6 nitrogen and oxygen atoms in total. The second kappa shape index (κ2) is 10.4. The van der Waals surface area contributed by atoms with Gasteiger partial charge >= 0.3 is 0 Å². The van der Waals surface area contributed by atoms with Crippen LogP contribution in [0.3, 0.4) is 0 Å². The summed E-state index contributed by atoms with van der Waals surface area (Å²) in [5, 5.41) is 2.92. The smallest absolute Gasteiger partial charge is 0.255 e. The number of nitrogens with one attached hydrogen (secondary N) is 1. The van der Waals surface area contributed by atoms with Crippen LogP contribution in [0.1, 0.15) is 15.9 Å². The Morgan fingerprint density at radius 1 is 0.909 bits per heavy atom. The predicted octanol–water partition coefficient (Wildman–Crippen LogP) is 4.42. The highest BCUT2D eigenvalue weighted by molar-refractivity contribution is 6.04. The van der Waals surface area contributed by atoms with Crippen molar-refractivity contribution in [3.05, 3.63) is 83.7 Å². The molecule has 1 fully saturated rings. The number of carbonyl (C=O) groups is 1. The van der Waals surface area contributed by atoms with Gasteiger partial charge in [0.2, 0.25) is 0 Å². The fourth-order valence-electron chi connectivity index (χ4n) is 3.93. The molecule has 1 aliphatic rings. The zero-order valence-corrected chi connectivity index (χ0v) is 18.9. The normalized spacial score (nSPS) is 14.1. The van der Waals surface area contributed by atoms with Crippen molar-refractivity contribution in [3.63, 3.8) is 0 Å². The zero-order chi connectivity index (χ0) is 23.2. The molecular weight excluding hydrogens is 421 g/mol. The third-order valence-corrected chi connectivity index (χ3v) is 5.83. The number of benzene rings is 3. The number of carbonyl (C=O) groups excluding carboxylic acids is 1. The lowest BCUT2D eigenvalue weighted by Crippen LogP contribution is -2.46. The molecule has 1 amide bonds. The van der Waals surface area contributed by atoms with Crippen LogP contribution in [0, 0.1) is 5.82 Å². The van der Waals surface area contributed by atoms with Crippen LogP contribution in [-0.4, -0.2) is 51.2 Å². The Balaban J connectivity index is 1.33. The highest BCUT2D eigenvalue weighted by atomic mass is 19.1. The van der Waals surface area contributed by atoms with Crippen molar-refractivity contribution < 1.29 is 18.7 Å². The van der Waals surface area contributed by atoms with Crippen molar-refractivity contribution in [2.75, 3.05) is 50.6 Å². The Morgan fingerprint density at radius 3 is 2.15 bits per heavy atom. The summed E-state index contributed by atoms with van der Waals surface area (Å²) >= 11 is 0. The minimum atomic E-state index is -0.235. The molecule has 4 rings (SSSR count). The summed E-state index contributed by atoms with van der Waals surface area (Å²) in [6.45, 7) is 4.09. The van der Waals surface area contributed by atoms with E-state index in [2.05, 4.69) is 15.1 Å². The Bertz CT molecular complexity index is 1070. The Labute approximate surface area is 193 Å². The lowest BCUT2D eigenvalue weighted by Gasteiger charge is -2.36. The number of hydrogen-bond donors (Lipinski definition) is 1. The van der Waals surface area contributed by atoms with Gasteiger partial charge in [-0.15, -0.1) is 0 Å². The maximum absolute atomic E-state index is 13.9. The van der Waals surface area contributed by atoms with Crippen molar-refractivity contribution in [2.24, 2.45) is 0 Å². The summed E-state index contributed by atoms with van der Waals surface area (Å²) < 4.78 is 24.4. The molecule has 0 aromatic heterocycles. The Kier molecular flexibility index (Phi) is 7.10. The molecule has 3 aromatic carbocycles. The van der Waals surface area contributed by atoms with Crippen LogP contribution in [0.15, 0.2) is 66.7 Å². The van der Waals surface area contributed by atoms with Gasteiger partial charge in [0.15, 0.2) is 0 Å². The molecule has 0 radical (unpaired) electrons. The predicted molar refractivity (Wildman–Crippen MR) is 128 cm³/mol. The molecule has 0 spiro atoms. The fraction of sp³-hybridized carbons (Fsp3) is 0.269. The van der Waals surface area contributed by atoms with Gasteiger partial charge in [-0.05, 0) is 42.5 Å². The molecule has 33 heavy (non-hydrogen) atoms. The molecule has 1 aliphatic heterocycles. The number of piperazine rings is 1. The lowest BCUT2D eigenvalue weighted by atomic mass is 10.1. The summed E-state index contributed by atoms with van der Waals surface area (Å²) in [5.74, 6) is 0.736. The topological polar surface area (TPSA) is 54.0 Å². The second-order valence-electron chi connectivity index (χ2n) is 7.96. The van der Waals surface area contributed by atoms with Crippen LogP contribution in [0.5, 0.6) is 11.5 Å². The van der Waals surface area contributed by atoms with E-state index in [1.54, 1.807) is 38.5 Å². The van der Waals surface area contributed by atoms with E-state index in [9.17, 15) is 9.18 Å². The van der Waals surface area contributed by atoms with E-state index < -0.39 is 0 Å². The molecule has 172 valence electrons. The number of methoxy groups -OCH3 is 2. The van der Waals surface area contributed by atoms with Gasteiger partial charge in [0, 0.05) is 61.3 Å². The molecule has 0 bridgehead atoms. The van der Waals surface area contributed by atoms with Crippen molar-refractivity contribution >= 4 is 17.3 Å². The van der Waals surface area contributed by atoms with Crippen molar-refractivity contribution in [1.82, 2.24) is 4.90 Å². The standard InChI is InChI=1S/C26H28FN3O3/c1-32-23-15-20(16-24(17-23)33-2)26(31)28-21-7-9-22(10-8-21)30-13-11-29(12-14-30)18-19-5-3-4-6-25(19)27/h3-10,15-17H,11-14,18H2,1-2H3,(H,28,31). The lowest BCUT2D eigenvalue weighted by molar-refractivity contribution is 0.102. The fourth-order valence-corrected chi connectivity index (χ4v) is 3.93. The van der Waals surface area contributed by atoms with Crippen molar-refractivity contribution in [1.29, 1.82) is 0 Å². The van der Waals surface area contributed by atoms with Crippen LogP contribution in [-0.2, 0) is 6.54 Å². The van der Waals surface area contributed by atoms with E-state index in [-0.39, 0.29) is 11.7 Å². The largest absolute Gasteiger partial charge is 0.497 e. The van der Waals surface area contributed by atoms with Gasteiger partial charge in [-0.2, -0.15) is 0 Å². The minimum absolute atomic E-state index is 0.148. The number of ether oxygens (including phenoxy) is 2. The number of anilines is 2. The van der Waals surface area contributed by atoms with E-state index in [1.165, 1.54) is 6.07 Å². The maximum Gasteiger partial charge on any atom is 0.255 e. The first-order valence-corrected chi connectivity index (χ1v) is 10.9. The second-order valence-corrected chi connectivity index (χ2v) is 7.96. The van der Waals surface area contributed by atoms with Gasteiger partial charge < -0.3 is 19.7 Å². The van der Waals surface area contributed by atoms with Gasteiger partial charge in [-0.3, -0.25) is 9.69 Å². The SMILES string of the molecule is COc1cc(OC)cc(C(=O)Nc2ccc(N3CCN(Cc4ccccc4F)CC3)cc2)c1. The van der Waals surface area contributed by atoms with Crippen LogP contribution in [0.2, 0.25) is 0 Å². The van der Waals surface area contributed by atoms with Gasteiger partial charge in [0.1, 0.15) is 17.3 Å². The van der Waals surface area contributed by atoms with E-state index >= 15 is 0 Å². The molecule has 3 aromatic rings. The van der Waals surface area contributed by atoms with Crippen LogP contribution < -0.4 is 19.7 Å². The number of amides is 1. The van der Waals surface area contributed by atoms with Crippen LogP contribution >= 0.6 is 0 Å². The average Bonchev–Trinajstić information content (AvgIpc) is 2.86. The van der Waals surface area contributed by atoms with Gasteiger partial charge in [0.05, 0.1) is 14.2 Å². The summed E-state index contributed by atoms with van der Waals surface area (Å²) in [5.41, 5.74) is 3.01. The molecule has 1 heterocycles. The summed E-state index contributed by atoms with van der Waals surface area (Å²) in [7, 11) is 3.10. The van der Waals surface area contributed by atoms with E-state index in [0.717, 1.165) is 37.4 Å². The first-order chi connectivity index (χ1) is 16.1. The quantitative estimate of drug-likeness (QED) is 0.579. The Hall–Kier alpha value is -3.58. The van der Waals surface area contributed by atoms with Gasteiger partial charge in [0.25, 0.3) is 5.91 Å². The molecule has 0 saturated carbocycles. The molecule has 1 N–H and O–H groups in total. The van der Waals surface area contributed by atoms with Crippen molar-refractivity contribution in [2.45, 2.75) is 6.54 Å². The molecule has 0 aliphatic carbocycles. The molecule has 7 heteroatoms. The minimum Gasteiger partial charge on any atom is -0.497 e. The first kappa shape index (κ1) is 22.6. The van der Waals surface area contributed by atoms with Crippen LogP contribution in [0.4, 0.5) is 15.8 Å². The molecular formula is C26H28FN3O3. The number of rotatable bonds is 7. The zero-order valence-electron chi connectivity index (χ0n) is 18.9. The highest BCUT2D eigenvalue weighted by Crippen LogP contribution is 2.24. The first-order valence-electron chi connectivity index (χ1n) is 10.9. The summed E-state index contributed by atoms with van der Waals surface area (Å²) in [4.78, 5) is 17.3. The average molecular weight is 450 g/mol. The van der Waals surface area contributed by atoms with Gasteiger partial charge in [-0.25, -0.2) is 4.39 Å². The van der Waals surface area contributed by atoms with Gasteiger partial charge in [-0.1, -0.05) is 18.2 Å². The number of hydrogen-bond acceptors (Lipinski definition) is 5. The highest BCUT2D eigenvalue weighted by Gasteiger charge is 2.18. The van der Waals surface area contributed by atoms with Crippen LogP contribution in [0.25, 0.3) is 0 Å². The monoisotopic (exact) mass is 449 g/mol. The third-order valence-electron chi connectivity index (χ3n) is 5.83. The maximum atomic E-state index is 13.9. The summed E-state index contributed by atoms with van der Waals surface area (Å²) in [6, 6.07) is 19.8. The van der Waals surface area contributed by atoms with E-state index in [4.69, 9.17) is 9.47 Å². The summed E-state index contributed by atoms with van der Waals surface area (Å²) in [6.07, 6.45) is 0.